The number of methoxy groups -OCH3 is 1. The maximum Gasteiger partial charge on any atom is 0.150 e. The van der Waals surface area contributed by atoms with Crippen LogP contribution < -0.4 is 4.74 Å². The van der Waals surface area contributed by atoms with Gasteiger partial charge >= 0.3 is 0 Å². The van der Waals surface area contributed by atoms with Crippen molar-refractivity contribution in [3.05, 3.63) is 41.4 Å². The molecule has 2 rings (SSSR count). The third-order valence-corrected chi connectivity index (χ3v) is 2.87. The number of benzene rings is 1. The highest BCUT2D eigenvalue weighted by Gasteiger charge is 2.36. The van der Waals surface area contributed by atoms with Crippen molar-refractivity contribution in [1.82, 2.24) is 0 Å². The van der Waals surface area contributed by atoms with Crippen LogP contribution in [0.2, 0.25) is 0 Å². The smallest absolute Gasteiger partial charge is 0.150 e. The molecule has 1 heterocycles. The lowest BCUT2D eigenvalue weighted by molar-refractivity contribution is 0.0269. The molecule has 0 fully saturated rings. The monoisotopic (exact) mass is 238 g/mol. The molecule has 1 aliphatic heterocycles. The first-order chi connectivity index (χ1) is 8.07. The molecule has 3 nitrogen and oxygen atoms in total. The van der Waals surface area contributed by atoms with Gasteiger partial charge in [-0.25, -0.2) is 4.39 Å². The highest BCUT2D eigenvalue weighted by atomic mass is 19.1. The number of halogens is 1. The molecule has 0 bridgehead atoms. The van der Waals surface area contributed by atoms with Gasteiger partial charge in [-0.15, -0.1) is 0 Å². The van der Waals surface area contributed by atoms with E-state index in [9.17, 15) is 9.50 Å². The van der Waals surface area contributed by atoms with Crippen molar-refractivity contribution in [2.45, 2.75) is 18.9 Å². The quantitative estimate of drug-likeness (QED) is 0.878. The van der Waals surface area contributed by atoms with Crippen molar-refractivity contribution >= 4 is 0 Å². The highest BCUT2D eigenvalue weighted by Crippen LogP contribution is 2.39. The lowest BCUT2D eigenvalue weighted by atomic mass is 9.92. The van der Waals surface area contributed by atoms with E-state index in [1.54, 1.807) is 12.1 Å². The van der Waals surface area contributed by atoms with Crippen LogP contribution >= 0.6 is 0 Å². The molecule has 0 aromatic heterocycles. The molecule has 1 aromatic carbocycles. The average Bonchev–Trinajstić information content (AvgIpc) is 2.82. The van der Waals surface area contributed by atoms with Gasteiger partial charge in [-0.3, -0.25) is 0 Å². The van der Waals surface area contributed by atoms with Crippen LogP contribution in [0.3, 0.4) is 0 Å². The van der Waals surface area contributed by atoms with Crippen molar-refractivity contribution in [3.8, 4) is 5.75 Å². The molecule has 92 valence electrons. The summed E-state index contributed by atoms with van der Waals surface area (Å²) in [6, 6.07) is 4.45. The van der Waals surface area contributed by atoms with Gasteiger partial charge in [0.25, 0.3) is 0 Å². The second kappa shape index (κ2) is 4.37. The first-order valence-electron chi connectivity index (χ1n) is 5.46. The summed E-state index contributed by atoms with van der Waals surface area (Å²) in [5.41, 5.74) is -1.40. The Morgan fingerprint density at radius 3 is 2.82 bits per heavy atom. The van der Waals surface area contributed by atoms with Crippen LogP contribution in [-0.4, -0.2) is 18.8 Å². The van der Waals surface area contributed by atoms with Crippen molar-refractivity contribution < 1.29 is 19.0 Å². The van der Waals surface area contributed by atoms with Crippen LogP contribution in [0.1, 0.15) is 18.9 Å². The predicted octanol–water partition coefficient (Wildman–Crippen LogP) is 2.35. The Kier molecular flexibility index (Phi) is 3.07. The molecule has 0 amide bonds. The summed E-state index contributed by atoms with van der Waals surface area (Å²) >= 11 is 0. The van der Waals surface area contributed by atoms with Crippen LogP contribution in [0.25, 0.3) is 0 Å². The molecule has 4 heteroatoms. The summed E-state index contributed by atoms with van der Waals surface area (Å²) in [7, 11) is 1.44. The van der Waals surface area contributed by atoms with E-state index >= 15 is 0 Å². The second-order valence-corrected chi connectivity index (χ2v) is 4.09. The maximum absolute atomic E-state index is 13.9. The molecule has 0 saturated heterocycles. The van der Waals surface area contributed by atoms with Crippen LogP contribution in [-0.2, 0) is 10.3 Å². The van der Waals surface area contributed by atoms with Gasteiger partial charge in [0, 0.05) is 6.42 Å². The van der Waals surface area contributed by atoms with Gasteiger partial charge in [-0.05, 0) is 25.1 Å². The number of rotatable bonds is 3. The molecule has 1 aromatic rings. The fourth-order valence-electron chi connectivity index (χ4n) is 2.03. The zero-order chi connectivity index (χ0) is 12.5. The molecule has 0 saturated carbocycles. The lowest BCUT2D eigenvalue weighted by Crippen LogP contribution is -2.26. The normalized spacial score (nSPS) is 18.2. The van der Waals surface area contributed by atoms with E-state index in [4.69, 9.17) is 9.47 Å². The second-order valence-electron chi connectivity index (χ2n) is 4.09. The van der Waals surface area contributed by atoms with E-state index in [2.05, 4.69) is 0 Å². The summed E-state index contributed by atoms with van der Waals surface area (Å²) < 4.78 is 24.3. The molecular formula is C13H15FO3. The third-order valence-electron chi connectivity index (χ3n) is 2.87. The predicted molar refractivity (Wildman–Crippen MR) is 61.2 cm³/mol. The fraction of sp³-hybridized carbons (Fsp3) is 0.385. The Morgan fingerprint density at radius 2 is 2.24 bits per heavy atom. The van der Waals surface area contributed by atoms with Crippen molar-refractivity contribution in [3.63, 3.8) is 0 Å². The van der Waals surface area contributed by atoms with E-state index in [0.717, 1.165) is 6.42 Å². The van der Waals surface area contributed by atoms with Gasteiger partial charge in [0.1, 0.15) is 22.9 Å². The van der Waals surface area contributed by atoms with Gasteiger partial charge in [-0.1, -0.05) is 6.07 Å². The Hall–Kier alpha value is -1.55. The zero-order valence-electron chi connectivity index (χ0n) is 9.87. The SMILES string of the molecule is COc1cccc(F)c1C(C)(O)C1=CCCO1. The third kappa shape index (κ3) is 2.00. The molecular weight excluding hydrogens is 223 g/mol. The fourth-order valence-corrected chi connectivity index (χ4v) is 2.03. The molecule has 0 aliphatic carbocycles. The van der Waals surface area contributed by atoms with Gasteiger partial charge < -0.3 is 14.6 Å². The van der Waals surface area contributed by atoms with E-state index < -0.39 is 11.4 Å². The molecule has 1 N–H and O–H groups in total. The highest BCUT2D eigenvalue weighted by molar-refractivity contribution is 5.43. The maximum atomic E-state index is 13.9. The molecule has 1 unspecified atom stereocenters. The van der Waals surface area contributed by atoms with Crippen LogP contribution in [0, 0.1) is 5.82 Å². The zero-order valence-corrected chi connectivity index (χ0v) is 9.87. The molecule has 0 spiro atoms. The summed E-state index contributed by atoms with van der Waals surface area (Å²) in [5.74, 6) is 0.179. The average molecular weight is 238 g/mol. The minimum absolute atomic E-state index is 0.107. The summed E-state index contributed by atoms with van der Waals surface area (Å²) in [5, 5.41) is 10.5. The van der Waals surface area contributed by atoms with Gasteiger partial charge in [0.2, 0.25) is 0 Å². The number of hydrogen-bond acceptors (Lipinski definition) is 3. The van der Waals surface area contributed by atoms with Crippen molar-refractivity contribution in [2.75, 3.05) is 13.7 Å². The van der Waals surface area contributed by atoms with Crippen LogP contribution in [0.5, 0.6) is 5.75 Å². The summed E-state index contributed by atoms with van der Waals surface area (Å²) in [6.45, 7) is 2.02. The van der Waals surface area contributed by atoms with Crippen molar-refractivity contribution in [2.24, 2.45) is 0 Å². The van der Waals surface area contributed by atoms with Crippen LogP contribution in [0.4, 0.5) is 4.39 Å². The van der Waals surface area contributed by atoms with Gasteiger partial charge in [0.05, 0.1) is 19.3 Å². The van der Waals surface area contributed by atoms with E-state index in [1.165, 1.54) is 26.2 Å². The Balaban J connectivity index is 2.51. The number of ether oxygens (including phenoxy) is 2. The Bertz CT molecular complexity index is 452. The Labute approximate surface area is 99.5 Å². The number of aliphatic hydroxyl groups is 1. The number of hydrogen-bond donors (Lipinski definition) is 1. The minimum atomic E-state index is -1.51. The molecule has 1 aliphatic rings. The topological polar surface area (TPSA) is 38.7 Å². The van der Waals surface area contributed by atoms with E-state index in [1.807, 2.05) is 0 Å². The summed E-state index contributed by atoms with van der Waals surface area (Å²) in [6.07, 6.45) is 2.49. The van der Waals surface area contributed by atoms with Gasteiger partial charge in [0.15, 0.2) is 0 Å². The molecule has 0 radical (unpaired) electrons. The lowest BCUT2D eigenvalue weighted by Gasteiger charge is -2.26. The van der Waals surface area contributed by atoms with Crippen molar-refractivity contribution in [1.29, 1.82) is 0 Å². The first-order valence-corrected chi connectivity index (χ1v) is 5.46. The van der Waals surface area contributed by atoms with E-state index in [0.29, 0.717) is 18.1 Å². The molecule has 1 atom stereocenters. The van der Waals surface area contributed by atoms with E-state index in [-0.39, 0.29) is 5.56 Å². The largest absolute Gasteiger partial charge is 0.496 e. The van der Waals surface area contributed by atoms with Gasteiger partial charge in [-0.2, -0.15) is 0 Å². The minimum Gasteiger partial charge on any atom is -0.496 e. The first kappa shape index (κ1) is 11.9. The summed E-state index contributed by atoms with van der Waals surface area (Å²) in [4.78, 5) is 0. The van der Waals surface area contributed by atoms with Crippen LogP contribution in [0.15, 0.2) is 30.0 Å². The molecule has 17 heavy (non-hydrogen) atoms. The standard InChI is InChI=1S/C13H15FO3/c1-13(15,11-7-4-8-17-11)12-9(14)5-3-6-10(12)16-2/h3,5-7,15H,4,8H2,1-2H3. The Morgan fingerprint density at radius 1 is 1.47 bits per heavy atom.